The summed E-state index contributed by atoms with van der Waals surface area (Å²) in [4.78, 5) is 13.1. The zero-order chi connectivity index (χ0) is 19.9. The Balaban J connectivity index is 1.84. The van der Waals surface area contributed by atoms with Gasteiger partial charge < -0.3 is 4.90 Å². The molecule has 2 heterocycles. The van der Waals surface area contributed by atoms with Crippen molar-refractivity contribution in [3.05, 3.63) is 45.1 Å². The molecule has 9 nitrogen and oxygen atoms in total. The van der Waals surface area contributed by atoms with Gasteiger partial charge in [0.25, 0.3) is 0 Å². The zero-order valence-electron chi connectivity index (χ0n) is 15.8. The third-order valence-electron chi connectivity index (χ3n) is 4.84. The van der Waals surface area contributed by atoms with Crippen LogP contribution in [0.3, 0.4) is 0 Å². The maximum Gasteiger partial charge on any atom is 0.333 e. The highest BCUT2D eigenvalue weighted by Crippen LogP contribution is 2.32. The van der Waals surface area contributed by atoms with E-state index in [4.69, 9.17) is 0 Å². The number of benzene rings is 1. The first-order valence-corrected chi connectivity index (χ1v) is 10.1. The summed E-state index contributed by atoms with van der Waals surface area (Å²) in [6, 6.07) is 5.38. The number of nitro groups is 1. The molecule has 0 N–H and O–H groups in total. The van der Waals surface area contributed by atoms with Gasteiger partial charge in [-0.1, -0.05) is 12.1 Å². The van der Waals surface area contributed by atoms with Crippen LogP contribution in [0.5, 0.6) is 0 Å². The lowest BCUT2D eigenvalue weighted by Crippen LogP contribution is -2.49. The van der Waals surface area contributed by atoms with Crippen molar-refractivity contribution in [2.45, 2.75) is 25.7 Å². The number of anilines is 1. The Labute approximate surface area is 158 Å². The lowest BCUT2D eigenvalue weighted by atomic mass is 10.2. The van der Waals surface area contributed by atoms with Gasteiger partial charge in [-0.25, -0.2) is 13.1 Å². The summed E-state index contributed by atoms with van der Waals surface area (Å²) in [6.45, 7) is 6.50. The van der Waals surface area contributed by atoms with Gasteiger partial charge >= 0.3 is 5.69 Å². The summed E-state index contributed by atoms with van der Waals surface area (Å²) in [7, 11) is -1.94. The molecule has 1 aliphatic heterocycles. The fourth-order valence-electron chi connectivity index (χ4n) is 3.47. The van der Waals surface area contributed by atoms with E-state index in [0.29, 0.717) is 35.1 Å². The third-order valence-corrected chi connectivity index (χ3v) is 6.88. The molecule has 0 aliphatic carbocycles. The first-order chi connectivity index (χ1) is 12.6. The van der Waals surface area contributed by atoms with Crippen molar-refractivity contribution in [3.8, 4) is 0 Å². The van der Waals surface area contributed by atoms with E-state index < -0.39 is 14.9 Å². The minimum atomic E-state index is -3.60. The highest BCUT2D eigenvalue weighted by molar-refractivity contribution is 7.89. The molecule has 1 fully saturated rings. The maximum absolute atomic E-state index is 13.0. The van der Waals surface area contributed by atoms with Gasteiger partial charge in [-0.3, -0.25) is 10.1 Å². The molecule has 146 valence electrons. The van der Waals surface area contributed by atoms with Crippen molar-refractivity contribution in [3.63, 3.8) is 0 Å². The van der Waals surface area contributed by atoms with E-state index in [1.807, 2.05) is 17.9 Å². The maximum atomic E-state index is 13.0. The predicted octanol–water partition coefficient (Wildman–Crippen LogP) is 1.76. The molecule has 1 aliphatic rings. The molecular weight excluding hydrogens is 370 g/mol. The Hall–Kier alpha value is -2.46. The monoisotopic (exact) mass is 393 g/mol. The second-order valence-electron chi connectivity index (χ2n) is 6.80. The molecule has 1 aromatic heterocycles. The largest absolute Gasteiger partial charge is 0.348 e. The second kappa shape index (κ2) is 6.93. The van der Waals surface area contributed by atoms with Crippen LogP contribution in [0.4, 0.5) is 11.5 Å². The molecule has 3 rings (SSSR count). The Morgan fingerprint density at radius 3 is 2.33 bits per heavy atom. The number of aromatic nitrogens is 2. The molecule has 1 saturated heterocycles. The molecule has 0 spiro atoms. The number of hydrogen-bond acceptors (Lipinski definition) is 6. The Kier molecular flexibility index (Phi) is 4.96. The van der Waals surface area contributed by atoms with Gasteiger partial charge in [0.2, 0.25) is 15.8 Å². The summed E-state index contributed by atoms with van der Waals surface area (Å²) in [5, 5.41) is 15.5. The van der Waals surface area contributed by atoms with E-state index in [1.165, 1.54) is 8.99 Å². The summed E-state index contributed by atoms with van der Waals surface area (Å²) < 4.78 is 29.0. The smallest absolute Gasteiger partial charge is 0.333 e. The van der Waals surface area contributed by atoms with Crippen LogP contribution in [0.15, 0.2) is 23.1 Å². The standard InChI is InChI=1S/C17H23N5O4S/c1-12-5-6-13(2)15(11-12)27(25,26)21-9-7-20(8-10-21)17-16(22(23)24)14(3)18-19(17)4/h5-6,11H,7-10H2,1-4H3. The van der Waals surface area contributed by atoms with Crippen molar-refractivity contribution < 1.29 is 13.3 Å². The van der Waals surface area contributed by atoms with Crippen molar-refractivity contribution in [1.29, 1.82) is 0 Å². The highest BCUT2D eigenvalue weighted by atomic mass is 32.2. The van der Waals surface area contributed by atoms with E-state index in [1.54, 1.807) is 33.0 Å². The van der Waals surface area contributed by atoms with Crippen molar-refractivity contribution in [1.82, 2.24) is 14.1 Å². The van der Waals surface area contributed by atoms with Crippen molar-refractivity contribution >= 4 is 21.5 Å². The topological polar surface area (TPSA) is 102 Å². The van der Waals surface area contributed by atoms with Crippen LogP contribution in [0.25, 0.3) is 0 Å². The van der Waals surface area contributed by atoms with E-state index >= 15 is 0 Å². The number of hydrogen-bond donors (Lipinski definition) is 0. The molecule has 0 saturated carbocycles. The van der Waals surface area contributed by atoms with Crippen LogP contribution in [-0.4, -0.2) is 53.6 Å². The average Bonchev–Trinajstić information content (AvgIpc) is 2.91. The van der Waals surface area contributed by atoms with Gasteiger partial charge in [0.1, 0.15) is 5.69 Å². The molecule has 10 heteroatoms. The average molecular weight is 393 g/mol. The van der Waals surface area contributed by atoms with Gasteiger partial charge in [-0.15, -0.1) is 0 Å². The molecular formula is C17H23N5O4S. The quantitative estimate of drug-likeness (QED) is 0.579. The minimum absolute atomic E-state index is 0.0247. The van der Waals surface area contributed by atoms with Crippen LogP contribution in [0.1, 0.15) is 16.8 Å². The van der Waals surface area contributed by atoms with Crippen molar-refractivity contribution in [2.75, 3.05) is 31.1 Å². The van der Waals surface area contributed by atoms with E-state index in [9.17, 15) is 18.5 Å². The van der Waals surface area contributed by atoms with Gasteiger partial charge in [0.05, 0.1) is 9.82 Å². The minimum Gasteiger partial charge on any atom is -0.348 e. The van der Waals surface area contributed by atoms with E-state index in [0.717, 1.165) is 5.56 Å². The molecule has 0 atom stereocenters. The normalized spacial score (nSPS) is 15.9. The van der Waals surface area contributed by atoms with Crippen LogP contribution in [0.2, 0.25) is 0 Å². The van der Waals surface area contributed by atoms with E-state index in [2.05, 4.69) is 5.10 Å². The second-order valence-corrected chi connectivity index (χ2v) is 8.70. The van der Waals surface area contributed by atoms with Crippen LogP contribution < -0.4 is 4.90 Å². The Morgan fingerprint density at radius 1 is 1.11 bits per heavy atom. The molecule has 0 unspecified atom stereocenters. The third kappa shape index (κ3) is 3.42. The number of aryl methyl sites for hydroxylation is 4. The number of rotatable bonds is 4. The van der Waals surface area contributed by atoms with Crippen LogP contribution in [0, 0.1) is 30.9 Å². The first kappa shape index (κ1) is 19.3. The Morgan fingerprint density at radius 2 is 1.74 bits per heavy atom. The fraction of sp³-hybridized carbons (Fsp3) is 0.471. The summed E-state index contributed by atoms with van der Waals surface area (Å²) >= 11 is 0. The number of piperazine rings is 1. The molecule has 27 heavy (non-hydrogen) atoms. The zero-order valence-corrected chi connectivity index (χ0v) is 16.7. The first-order valence-electron chi connectivity index (χ1n) is 8.63. The van der Waals surface area contributed by atoms with Gasteiger partial charge in [-0.05, 0) is 38.0 Å². The fourth-order valence-corrected chi connectivity index (χ4v) is 5.20. The number of nitrogens with zero attached hydrogens (tertiary/aromatic N) is 5. The summed E-state index contributed by atoms with van der Waals surface area (Å²) in [5.74, 6) is 0.418. The predicted molar refractivity (Wildman–Crippen MR) is 101 cm³/mol. The Bertz CT molecular complexity index is 991. The summed E-state index contributed by atoms with van der Waals surface area (Å²) in [6.07, 6.45) is 0. The van der Waals surface area contributed by atoms with E-state index in [-0.39, 0.29) is 18.8 Å². The molecule has 1 aromatic carbocycles. The SMILES string of the molecule is Cc1ccc(C)c(S(=O)(=O)N2CCN(c3c([N+](=O)[O-])c(C)nn3C)CC2)c1. The lowest BCUT2D eigenvalue weighted by molar-refractivity contribution is -0.384. The molecule has 0 bridgehead atoms. The number of sulfonamides is 1. The van der Waals surface area contributed by atoms with Gasteiger partial charge in [0, 0.05) is 33.2 Å². The van der Waals surface area contributed by atoms with Crippen LogP contribution in [-0.2, 0) is 17.1 Å². The highest BCUT2D eigenvalue weighted by Gasteiger charge is 2.34. The lowest BCUT2D eigenvalue weighted by Gasteiger charge is -2.34. The summed E-state index contributed by atoms with van der Waals surface area (Å²) in [5.41, 5.74) is 1.92. The van der Waals surface area contributed by atoms with Crippen LogP contribution >= 0.6 is 0 Å². The van der Waals surface area contributed by atoms with Gasteiger partial charge in [-0.2, -0.15) is 9.40 Å². The molecule has 2 aromatic rings. The van der Waals surface area contributed by atoms with Gasteiger partial charge in [0.15, 0.2) is 0 Å². The molecule has 0 amide bonds. The van der Waals surface area contributed by atoms with Crippen molar-refractivity contribution in [2.24, 2.45) is 7.05 Å². The molecule has 0 radical (unpaired) electrons.